The zero-order valence-corrected chi connectivity index (χ0v) is 21.3. The number of carbonyl (C=O) groups is 3. The van der Waals surface area contributed by atoms with E-state index in [2.05, 4.69) is 32.9 Å². The number of aliphatic carboxylic acids is 1. The van der Waals surface area contributed by atoms with E-state index in [4.69, 9.17) is 9.84 Å². The smallest absolute Gasteiger partial charge is 0.407 e. The second kappa shape index (κ2) is 13.4. The van der Waals surface area contributed by atoms with Gasteiger partial charge in [-0.15, -0.1) is 0 Å². The minimum Gasteiger partial charge on any atom is -0.480 e. The first-order chi connectivity index (χ1) is 18.5. The summed E-state index contributed by atoms with van der Waals surface area (Å²) < 4.78 is 5.15. The summed E-state index contributed by atoms with van der Waals surface area (Å²) >= 11 is 0. The summed E-state index contributed by atoms with van der Waals surface area (Å²) in [5.74, 6) is -1.42. The topological polar surface area (TPSA) is 138 Å². The van der Waals surface area contributed by atoms with Crippen LogP contribution in [0.3, 0.4) is 0 Å². The molecule has 2 aromatic carbocycles. The Kier molecular flexibility index (Phi) is 9.44. The van der Waals surface area contributed by atoms with Crippen molar-refractivity contribution in [3.8, 4) is 22.5 Å². The summed E-state index contributed by atoms with van der Waals surface area (Å²) in [5.41, 5.74) is 4.93. The van der Waals surface area contributed by atoms with Gasteiger partial charge in [-0.05, 0) is 43.7 Å². The van der Waals surface area contributed by atoms with Crippen molar-refractivity contribution in [3.05, 3.63) is 60.2 Å². The van der Waals surface area contributed by atoms with Crippen LogP contribution in [-0.4, -0.2) is 69.1 Å². The minimum absolute atomic E-state index is 0.261. The standard InChI is InChI=1S/C28H33N5O5/c34-24(33-16-9-15-23(33)27(35)36)19-29-28(37)38-17-7-2-1-4-10-20-11-8-14-22(18-20)26-25(30-32-31-26)21-12-5-3-6-13-21/h3,5-6,8,11-14,18,23H,1-2,4,7,9-10,15-17,19H2,(H,29,37)(H,35,36)(H,30,31,32). The van der Waals surface area contributed by atoms with Crippen LogP contribution in [0.25, 0.3) is 22.5 Å². The van der Waals surface area contributed by atoms with E-state index in [1.807, 2.05) is 42.5 Å². The Labute approximate surface area is 221 Å². The zero-order chi connectivity index (χ0) is 26.7. The molecule has 0 aliphatic carbocycles. The molecule has 1 fully saturated rings. The molecule has 3 aromatic rings. The van der Waals surface area contributed by atoms with Crippen LogP contribution in [0.15, 0.2) is 54.6 Å². The SMILES string of the molecule is O=C(NCC(=O)N1CCCC1C(=O)O)OCCCCCCc1cccc(-c2n[nH]nc2-c2ccccc2)c1. The number of likely N-dealkylation sites (tertiary alicyclic amines) is 1. The second-order valence-electron chi connectivity index (χ2n) is 9.32. The van der Waals surface area contributed by atoms with Crippen molar-refractivity contribution >= 4 is 18.0 Å². The van der Waals surface area contributed by atoms with Gasteiger partial charge >= 0.3 is 12.1 Å². The van der Waals surface area contributed by atoms with Gasteiger partial charge in [0.25, 0.3) is 0 Å². The number of carbonyl (C=O) groups excluding carboxylic acids is 2. The number of hydrogen-bond donors (Lipinski definition) is 3. The van der Waals surface area contributed by atoms with Crippen molar-refractivity contribution in [1.29, 1.82) is 0 Å². The summed E-state index contributed by atoms with van der Waals surface area (Å²) in [6, 6.07) is 17.5. The van der Waals surface area contributed by atoms with Gasteiger partial charge in [-0.1, -0.05) is 61.4 Å². The minimum atomic E-state index is -1.02. The average Bonchev–Trinajstić information content (AvgIpc) is 3.62. The van der Waals surface area contributed by atoms with Gasteiger partial charge in [0.15, 0.2) is 0 Å². The normalized spacial score (nSPS) is 14.8. The van der Waals surface area contributed by atoms with E-state index in [0.717, 1.165) is 54.6 Å². The number of unbranched alkanes of at least 4 members (excludes halogenated alkanes) is 3. The van der Waals surface area contributed by atoms with Gasteiger partial charge < -0.3 is 20.1 Å². The monoisotopic (exact) mass is 519 g/mol. The molecule has 0 spiro atoms. The van der Waals surface area contributed by atoms with E-state index in [1.165, 1.54) is 10.5 Å². The van der Waals surface area contributed by atoms with Crippen molar-refractivity contribution in [2.75, 3.05) is 19.7 Å². The summed E-state index contributed by atoms with van der Waals surface area (Å²) in [4.78, 5) is 36.5. The third-order valence-electron chi connectivity index (χ3n) is 6.63. The van der Waals surface area contributed by atoms with Gasteiger partial charge in [0.1, 0.15) is 24.0 Å². The molecule has 1 aliphatic rings. The van der Waals surface area contributed by atoms with Gasteiger partial charge in [0.05, 0.1) is 6.61 Å². The Morgan fingerprint density at radius 3 is 2.50 bits per heavy atom. The van der Waals surface area contributed by atoms with Crippen LogP contribution in [0.1, 0.15) is 44.1 Å². The Morgan fingerprint density at radius 2 is 1.71 bits per heavy atom. The Morgan fingerprint density at radius 1 is 0.974 bits per heavy atom. The number of benzene rings is 2. The van der Waals surface area contributed by atoms with E-state index in [1.54, 1.807) is 0 Å². The molecule has 10 nitrogen and oxygen atoms in total. The number of carboxylic acid groups (broad SMARTS) is 1. The van der Waals surface area contributed by atoms with Crippen LogP contribution in [0.4, 0.5) is 4.79 Å². The van der Waals surface area contributed by atoms with E-state index in [0.29, 0.717) is 19.4 Å². The van der Waals surface area contributed by atoms with Gasteiger partial charge in [-0.25, -0.2) is 9.59 Å². The molecule has 2 amide bonds. The number of rotatable bonds is 12. The van der Waals surface area contributed by atoms with Gasteiger partial charge in [0, 0.05) is 17.7 Å². The maximum absolute atomic E-state index is 12.2. The number of amides is 2. The lowest BCUT2D eigenvalue weighted by molar-refractivity contribution is -0.147. The van der Waals surface area contributed by atoms with Crippen molar-refractivity contribution in [1.82, 2.24) is 25.6 Å². The van der Waals surface area contributed by atoms with E-state index in [9.17, 15) is 14.4 Å². The second-order valence-corrected chi connectivity index (χ2v) is 9.32. The summed E-state index contributed by atoms with van der Waals surface area (Å²) in [6.07, 6.45) is 5.01. The lowest BCUT2D eigenvalue weighted by Gasteiger charge is -2.21. The summed E-state index contributed by atoms with van der Waals surface area (Å²) in [7, 11) is 0. The number of nitrogens with one attached hydrogen (secondary N) is 2. The predicted molar refractivity (Wildman–Crippen MR) is 141 cm³/mol. The maximum Gasteiger partial charge on any atom is 0.407 e. The Hall–Kier alpha value is -4.21. The van der Waals surface area contributed by atoms with Crippen LogP contribution in [-0.2, 0) is 20.7 Å². The largest absolute Gasteiger partial charge is 0.480 e. The van der Waals surface area contributed by atoms with E-state index < -0.39 is 24.0 Å². The summed E-state index contributed by atoms with van der Waals surface area (Å²) in [6.45, 7) is 0.403. The van der Waals surface area contributed by atoms with Crippen LogP contribution in [0, 0.1) is 0 Å². The van der Waals surface area contributed by atoms with Crippen LogP contribution < -0.4 is 5.32 Å². The van der Waals surface area contributed by atoms with Gasteiger partial charge in [-0.2, -0.15) is 15.4 Å². The summed E-state index contributed by atoms with van der Waals surface area (Å²) in [5, 5.41) is 23.0. The highest BCUT2D eigenvalue weighted by Gasteiger charge is 2.33. The molecule has 38 heavy (non-hydrogen) atoms. The number of aromatic amines is 1. The molecular formula is C28H33N5O5. The average molecular weight is 520 g/mol. The fourth-order valence-electron chi connectivity index (χ4n) is 4.68. The molecule has 1 atom stereocenters. The maximum atomic E-state index is 12.2. The molecule has 1 saturated heterocycles. The Bertz CT molecular complexity index is 1230. The van der Waals surface area contributed by atoms with Gasteiger partial charge in [-0.3, -0.25) is 4.79 Å². The van der Waals surface area contributed by atoms with E-state index in [-0.39, 0.29) is 13.2 Å². The molecule has 2 heterocycles. The van der Waals surface area contributed by atoms with E-state index >= 15 is 0 Å². The highest BCUT2D eigenvalue weighted by molar-refractivity contribution is 5.87. The quantitative estimate of drug-likeness (QED) is 0.307. The third kappa shape index (κ3) is 7.18. The van der Waals surface area contributed by atoms with Crippen LogP contribution in [0.2, 0.25) is 0 Å². The molecule has 10 heteroatoms. The number of ether oxygens (including phenoxy) is 1. The lowest BCUT2D eigenvalue weighted by atomic mass is 10.0. The van der Waals surface area contributed by atoms with Crippen molar-refractivity contribution in [2.24, 2.45) is 0 Å². The highest BCUT2D eigenvalue weighted by atomic mass is 16.5. The molecule has 0 radical (unpaired) electrons. The number of aromatic nitrogens is 3. The van der Waals surface area contributed by atoms with Crippen LogP contribution in [0.5, 0.6) is 0 Å². The molecular weight excluding hydrogens is 486 g/mol. The molecule has 1 unspecified atom stereocenters. The number of aryl methyl sites for hydroxylation is 1. The third-order valence-corrected chi connectivity index (χ3v) is 6.63. The van der Waals surface area contributed by atoms with Crippen LogP contribution >= 0.6 is 0 Å². The van der Waals surface area contributed by atoms with Gasteiger partial charge in [0.2, 0.25) is 5.91 Å². The lowest BCUT2D eigenvalue weighted by Crippen LogP contribution is -2.45. The molecule has 1 aliphatic heterocycles. The molecule has 3 N–H and O–H groups in total. The predicted octanol–water partition coefficient (Wildman–Crippen LogP) is 4.04. The number of nitrogens with zero attached hydrogens (tertiary/aromatic N) is 3. The number of carboxylic acids is 1. The van der Waals surface area contributed by atoms with Crippen molar-refractivity contribution < 1.29 is 24.2 Å². The fourth-order valence-corrected chi connectivity index (χ4v) is 4.68. The number of H-pyrrole nitrogens is 1. The molecule has 4 rings (SSSR count). The van der Waals surface area contributed by atoms with Crippen molar-refractivity contribution in [2.45, 2.75) is 51.0 Å². The highest BCUT2D eigenvalue weighted by Crippen LogP contribution is 2.28. The molecule has 200 valence electrons. The molecule has 0 bridgehead atoms. The van der Waals surface area contributed by atoms with Crippen molar-refractivity contribution in [3.63, 3.8) is 0 Å². The number of hydrogen-bond acceptors (Lipinski definition) is 6. The fraction of sp³-hybridized carbons (Fsp3) is 0.393. The first-order valence-corrected chi connectivity index (χ1v) is 13.0. The first kappa shape index (κ1) is 26.8. The molecule has 1 aromatic heterocycles. The molecule has 0 saturated carbocycles. The zero-order valence-electron chi connectivity index (χ0n) is 21.3. The number of alkyl carbamates (subject to hydrolysis) is 1. The Balaban J connectivity index is 1.12. The first-order valence-electron chi connectivity index (χ1n) is 13.0.